The number of aldehydes is 1. The second kappa shape index (κ2) is 6.66. The SMILES string of the molecule is CC(C)(C)[Si](C)(C)OCCOc1ccc(F)c(F)c1C=O. The summed E-state index contributed by atoms with van der Waals surface area (Å²) in [6.07, 6.45) is 0.252. The predicted molar refractivity (Wildman–Crippen MR) is 80.4 cm³/mol. The molecule has 0 saturated heterocycles. The molecule has 0 heterocycles. The molecule has 1 aromatic rings. The Bertz CT molecular complexity index is 510. The van der Waals surface area contributed by atoms with E-state index in [4.69, 9.17) is 9.16 Å². The number of rotatable bonds is 6. The van der Waals surface area contributed by atoms with Crippen LogP contribution in [0.3, 0.4) is 0 Å². The van der Waals surface area contributed by atoms with E-state index >= 15 is 0 Å². The smallest absolute Gasteiger partial charge is 0.192 e. The van der Waals surface area contributed by atoms with Gasteiger partial charge in [0.25, 0.3) is 0 Å². The molecule has 0 fully saturated rings. The van der Waals surface area contributed by atoms with Gasteiger partial charge in [0.2, 0.25) is 0 Å². The zero-order valence-electron chi connectivity index (χ0n) is 13.1. The molecule has 0 bridgehead atoms. The van der Waals surface area contributed by atoms with Crippen molar-refractivity contribution in [1.82, 2.24) is 0 Å². The average molecular weight is 316 g/mol. The number of halogens is 2. The van der Waals surface area contributed by atoms with E-state index in [1.807, 2.05) is 0 Å². The number of benzene rings is 1. The molecule has 6 heteroatoms. The third kappa shape index (κ3) is 4.34. The standard InChI is InChI=1S/C15H22F2O3Si/c1-15(2,3)21(4,5)20-9-8-19-13-7-6-12(16)14(17)11(13)10-18/h6-7,10H,8-9H2,1-5H3. The van der Waals surface area contributed by atoms with E-state index in [0.717, 1.165) is 6.07 Å². The lowest BCUT2D eigenvalue weighted by Gasteiger charge is -2.36. The van der Waals surface area contributed by atoms with Gasteiger partial charge in [-0.3, -0.25) is 4.79 Å². The van der Waals surface area contributed by atoms with Crippen molar-refractivity contribution < 1.29 is 22.7 Å². The van der Waals surface area contributed by atoms with Gasteiger partial charge >= 0.3 is 0 Å². The summed E-state index contributed by atoms with van der Waals surface area (Å²) in [4.78, 5) is 10.8. The highest BCUT2D eigenvalue weighted by atomic mass is 28.4. The van der Waals surface area contributed by atoms with E-state index in [1.54, 1.807) is 0 Å². The Balaban J connectivity index is 2.62. The third-order valence-corrected chi connectivity index (χ3v) is 8.36. The molecule has 1 aromatic carbocycles. The Labute approximate surface area is 125 Å². The molecule has 0 aliphatic rings. The lowest BCUT2D eigenvalue weighted by molar-refractivity contribution is 0.111. The summed E-state index contributed by atoms with van der Waals surface area (Å²) in [6.45, 7) is 11.1. The van der Waals surface area contributed by atoms with Gasteiger partial charge in [0.15, 0.2) is 26.2 Å². The molecule has 0 radical (unpaired) electrons. The fourth-order valence-corrected chi connectivity index (χ4v) is 2.48. The van der Waals surface area contributed by atoms with Crippen LogP contribution in [0.5, 0.6) is 5.75 Å². The summed E-state index contributed by atoms with van der Waals surface area (Å²) in [5.41, 5.74) is -0.401. The minimum absolute atomic E-state index is 0.0303. The fourth-order valence-electron chi connectivity index (χ4n) is 1.45. The van der Waals surface area contributed by atoms with Crippen LogP contribution in [-0.2, 0) is 4.43 Å². The number of hydrogen-bond acceptors (Lipinski definition) is 3. The van der Waals surface area contributed by atoms with Gasteiger partial charge in [-0.25, -0.2) is 8.78 Å². The topological polar surface area (TPSA) is 35.5 Å². The summed E-state index contributed by atoms with van der Waals surface area (Å²) in [7, 11) is -1.87. The second-order valence-corrected chi connectivity index (χ2v) is 11.2. The van der Waals surface area contributed by atoms with E-state index in [2.05, 4.69) is 33.9 Å². The highest BCUT2D eigenvalue weighted by Gasteiger charge is 2.36. The van der Waals surface area contributed by atoms with Gasteiger partial charge in [0.05, 0.1) is 12.2 Å². The van der Waals surface area contributed by atoms with Gasteiger partial charge in [-0.15, -0.1) is 0 Å². The molecule has 1 rings (SSSR count). The van der Waals surface area contributed by atoms with Crippen molar-refractivity contribution in [1.29, 1.82) is 0 Å². The Morgan fingerprint density at radius 2 is 1.81 bits per heavy atom. The normalized spacial score (nSPS) is 12.3. The molecule has 0 unspecified atom stereocenters. The summed E-state index contributed by atoms with van der Waals surface area (Å²) in [5, 5.41) is 0.0863. The van der Waals surface area contributed by atoms with Crippen LogP contribution < -0.4 is 4.74 Å². The number of carbonyl (C=O) groups is 1. The first-order valence-corrected chi connectivity index (χ1v) is 9.71. The number of hydrogen-bond donors (Lipinski definition) is 0. The summed E-state index contributed by atoms with van der Waals surface area (Å²) >= 11 is 0. The Morgan fingerprint density at radius 1 is 1.19 bits per heavy atom. The monoisotopic (exact) mass is 316 g/mol. The zero-order chi connectivity index (χ0) is 16.3. The predicted octanol–water partition coefficient (Wildman–Crippen LogP) is 4.18. The first-order valence-electron chi connectivity index (χ1n) is 6.80. The highest BCUT2D eigenvalue weighted by molar-refractivity contribution is 6.74. The van der Waals surface area contributed by atoms with Gasteiger partial charge in [0, 0.05) is 0 Å². The van der Waals surface area contributed by atoms with Gasteiger partial charge in [-0.05, 0) is 30.3 Å². The molecule has 21 heavy (non-hydrogen) atoms. The van der Waals surface area contributed by atoms with Crippen LogP contribution in [-0.4, -0.2) is 27.8 Å². The maximum absolute atomic E-state index is 13.4. The fraction of sp³-hybridized carbons (Fsp3) is 0.533. The van der Waals surface area contributed by atoms with Crippen molar-refractivity contribution in [2.75, 3.05) is 13.2 Å². The lowest BCUT2D eigenvalue weighted by atomic mass is 10.2. The molecule has 0 aliphatic carbocycles. The highest BCUT2D eigenvalue weighted by Crippen LogP contribution is 2.36. The van der Waals surface area contributed by atoms with E-state index in [9.17, 15) is 13.6 Å². The third-order valence-electron chi connectivity index (χ3n) is 3.82. The van der Waals surface area contributed by atoms with Crippen LogP contribution in [0.15, 0.2) is 12.1 Å². The minimum Gasteiger partial charge on any atom is -0.490 e. The van der Waals surface area contributed by atoms with E-state index < -0.39 is 25.5 Å². The minimum atomic E-state index is -1.87. The first-order chi connectivity index (χ1) is 9.60. The van der Waals surface area contributed by atoms with Crippen molar-refractivity contribution in [2.24, 2.45) is 0 Å². The van der Waals surface area contributed by atoms with Gasteiger partial charge in [0.1, 0.15) is 12.4 Å². The Morgan fingerprint density at radius 3 is 2.33 bits per heavy atom. The lowest BCUT2D eigenvalue weighted by Crippen LogP contribution is -2.41. The molecule has 0 N–H and O–H groups in total. The Hall–Kier alpha value is -1.27. The van der Waals surface area contributed by atoms with Crippen LogP contribution in [0.4, 0.5) is 8.78 Å². The average Bonchev–Trinajstić information content (AvgIpc) is 2.37. The molecule has 0 aromatic heterocycles. The van der Waals surface area contributed by atoms with Crippen LogP contribution in [0, 0.1) is 11.6 Å². The van der Waals surface area contributed by atoms with Gasteiger partial charge < -0.3 is 9.16 Å². The van der Waals surface area contributed by atoms with Crippen molar-refractivity contribution >= 4 is 14.6 Å². The molecule has 0 spiro atoms. The molecule has 118 valence electrons. The number of carbonyl (C=O) groups excluding carboxylic acids is 1. The second-order valence-electron chi connectivity index (χ2n) is 6.35. The van der Waals surface area contributed by atoms with Crippen molar-refractivity contribution in [3.8, 4) is 5.75 Å². The molecule has 0 atom stereocenters. The zero-order valence-corrected chi connectivity index (χ0v) is 14.1. The van der Waals surface area contributed by atoms with Crippen LogP contribution in [0.1, 0.15) is 31.1 Å². The van der Waals surface area contributed by atoms with Crippen LogP contribution in [0.25, 0.3) is 0 Å². The molecular formula is C15H22F2O3Si. The maximum Gasteiger partial charge on any atom is 0.192 e. The maximum atomic E-state index is 13.4. The molecule has 0 amide bonds. The largest absolute Gasteiger partial charge is 0.490 e. The molecule has 0 saturated carbocycles. The molecular weight excluding hydrogens is 294 g/mol. The molecule has 3 nitrogen and oxygen atoms in total. The van der Waals surface area contributed by atoms with Crippen LogP contribution >= 0.6 is 0 Å². The van der Waals surface area contributed by atoms with Crippen LogP contribution in [0.2, 0.25) is 18.1 Å². The summed E-state index contributed by atoms with van der Waals surface area (Å²) in [6, 6.07) is 2.18. The summed E-state index contributed by atoms with van der Waals surface area (Å²) < 4.78 is 37.7. The quantitative estimate of drug-likeness (QED) is 0.449. The van der Waals surface area contributed by atoms with E-state index in [0.29, 0.717) is 6.61 Å². The van der Waals surface area contributed by atoms with E-state index in [-0.39, 0.29) is 23.7 Å². The summed E-state index contributed by atoms with van der Waals surface area (Å²) in [5.74, 6) is -2.22. The van der Waals surface area contributed by atoms with Crippen molar-refractivity contribution in [2.45, 2.75) is 38.9 Å². The van der Waals surface area contributed by atoms with E-state index in [1.165, 1.54) is 6.07 Å². The van der Waals surface area contributed by atoms with Gasteiger partial charge in [-0.1, -0.05) is 20.8 Å². The molecule has 0 aliphatic heterocycles. The Kier molecular flexibility index (Phi) is 5.64. The van der Waals surface area contributed by atoms with Gasteiger partial charge in [-0.2, -0.15) is 0 Å². The van der Waals surface area contributed by atoms with Crippen molar-refractivity contribution in [3.05, 3.63) is 29.3 Å². The van der Waals surface area contributed by atoms with Crippen molar-refractivity contribution in [3.63, 3.8) is 0 Å². The first kappa shape index (κ1) is 17.8. The number of ether oxygens (including phenoxy) is 1.